The quantitative estimate of drug-likeness (QED) is 0.772. The molecule has 1 heterocycles. The van der Waals surface area contributed by atoms with Gasteiger partial charge in [-0.3, -0.25) is 0 Å². The van der Waals surface area contributed by atoms with Gasteiger partial charge >= 0.3 is 0 Å². The Kier molecular flexibility index (Phi) is 6.57. The fourth-order valence-corrected chi connectivity index (χ4v) is 4.46. The van der Waals surface area contributed by atoms with Gasteiger partial charge in [0.1, 0.15) is 0 Å². The minimum Gasteiger partial charge on any atom is -0.300 e. The van der Waals surface area contributed by atoms with Crippen LogP contribution in [0.4, 0.5) is 0 Å². The molecule has 0 aliphatic carbocycles. The molecule has 0 saturated heterocycles. The molecule has 0 fully saturated rings. The van der Waals surface area contributed by atoms with Gasteiger partial charge in [-0.25, -0.2) is 13.1 Å². The van der Waals surface area contributed by atoms with Crippen LogP contribution in [0.1, 0.15) is 42.7 Å². The van der Waals surface area contributed by atoms with Gasteiger partial charge in [-0.1, -0.05) is 32.0 Å². The molecule has 0 spiro atoms. The van der Waals surface area contributed by atoms with Crippen LogP contribution in [0.15, 0.2) is 46.7 Å². The van der Waals surface area contributed by atoms with E-state index < -0.39 is 10.0 Å². The number of nitrogens with zero attached hydrogens (tertiary/aromatic N) is 1. The zero-order valence-electron chi connectivity index (χ0n) is 14.7. The molecule has 0 aliphatic rings. The van der Waals surface area contributed by atoms with E-state index in [4.69, 9.17) is 0 Å². The van der Waals surface area contributed by atoms with E-state index in [0.29, 0.717) is 17.4 Å². The van der Waals surface area contributed by atoms with Crippen LogP contribution in [0.2, 0.25) is 0 Å². The van der Waals surface area contributed by atoms with Crippen LogP contribution in [-0.4, -0.2) is 34.0 Å². The van der Waals surface area contributed by atoms with Gasteiger partial charge < -0.3 is 4.90 Å². The molecule has 132 valence electrons. The monoisotopic (exact) mass is 366 g/mol. The van der Waals surface area contributed by atoms with Gasteiger partial charge in [-0.15, -0.1) is 11.3 Å². The molecule has 2 unspecified atom stereocenters. The predicted molar refractivity (Wildman–Crippen MR) is 101 cm³/mol. The normalized spacial score (nSPS) is 14.7. The molecule has 4 nitrogen and oxygen atoms in total. The van der Waals surface area contributed by atoms with E-state index in [-0.39, 0.29) is 6.04 Å². The van der Waals surface area contributed by atoms with Gasteiger partial charge in [0.2, 0.25) is 10.0 Å². The first-order chi connectivity index (χ1) is 11.3. The SMILES string of the molecule is CCC(C)c1ccc(S(=O)(=O)NCC(c2cccs2)N(C)C)cc1. The van der Waals surface area contributed by atoms with Crippen LogP contribution in [-0.2, 0) is 10.0 Å². The van der Waals surface area contributed by atoms with Crippen LogP contribution < -0.4 is 4.72 Å². The third kappa shape index (κ3) is 4.66. The van der Waals surface area contributed by atoms with Gasteiger partial charge in [0.05, 0.1) is 10.9 Å². The molecule has 2 aromatic rings. The van der Waals surface area contributed by atoms with E-state index in [0.717, 1.165) is 11.3 Å². The Morgan fingerprint density at radius 2 is 1.83 bits per heavy atom. The summed E-state index contributed by atoms with van der Waals surface area (Å²) < 4.78 is 27.9. The molecule has 1 N–H and O–H groups in total. The molecule has 6 heteroatoms. The maximum atomic E-state index is 12.6. The largest absolute Gasteiger partial charge is 0.300 e. The van der Waals surface area contributed by atoms with Gasteiger partial charge in [0, 0.05) is 11.4 Å². The highest BCUT2D eigenvalue weighted by Gasteiger charge is 2.20. The lowest BCUT2D eigenvalue weighted by Gasteiger charge is -2.23. The summed E-state index contributed by atoms with van der Waals surface area (Å²) in [6.45, 7) is 4.62. The Bertz CT molecular complexity index is 723. The van der Waals surface area contributed by atoms with Crippen molar-refractivity contribution in [2.24, 2.45) is 0 Å². The van der Waals surface area contributed by atoms with Crippen molar-refractivity contribution in [3.8, 4) is 0 Å². The molecule has 1 aromatic heterocycles. The van der Waals surface area contributed by atoms with Crippen LogP contribution in [0.25, 0.3) is 0 Å². The van der Waals surface area contributed by atoms with Crippen molar-refractivity contribution in [1.29, 1.82) is 0 Å². The van der Waals surface area contributed by atoms with E-state index in [1.807, 2.05) is 48.6 Å². The average Bonchev–Trinajstić information content (AvgIpc) is 3.08. The van der Waals surface area contributed by atoms with E-state index in [1.165, 1.54) is 5.56 Å². The lowest BCUT2D eigenvalue weighted by Crippen LogP contribution is -2.34. The highest BCUT2D eigenvalue weighted by Crippen LogP contribution is 2.24. The summed E-state index contributed by atoms with van der Waals surface area (Å²) in [6.07, 6.45) is 1.04. The van der Waals surface area contributed by atoms with Crippen molar-refractivity contribution < 1.29 is 8.42 Å². The Morgan fingerprint density at radius 3 is 2.33 bits per heavy atom. The molecule has 24 heavy (non-hydrogen) atoms. The highest BCUT2D eigenvalue weighted by molar-refractivity contribution is 7.89. The summed E-state index contributed by atoms with van der Waals surface area (Å²) in [7, 11) is 0.415. The van der Waals surface area contributed by atoms with Gasteiger partial charge in [-0.05, 0) is 55.6 Å². The Hall–Kier alpha value is -1.21. The summed E-state index contributed by atoms with van der Waals surface area (Å²) in [4.78, 5) is 3.49. The molecular weight excluding hydrogens is 340 g/mol. The Morgan fingerprint density at radius 1 is 1.17 bits per heavy atom. The van der Waals surface area contributed by atoms with Crippen molar-refractivity contribution >= 4 is 21.4 Å². The number of sulfonamides is 1. The maximum absolute atomic E-state index is 12.6. The standard InChI is InChI=1S/C18H26N2O2S2/c1-5-14(2)15-8-10-16(11-9-15)24(21,22)19-13-17(20(3)4)18-7-6-12-23-18/h6-12,14,17,19H,5,13H2,1-4H3. The fourth-order valence-electron chi connectivity index (χ4n) is 2.50. The minimum absolute atomic E-state index is 0.0270. The molecule has 0 saturated carbocycles. The zero-order chi connectivity index (χ0) is 17.7. The number of rotatable bonds is 8. The molecule has 2 atom stereocenters. The first-order valence-corrected chi connectivity index (χ1v) is 10.5. The summed E-state index contributed by atoms with van der Waals surface area (Å²) >= 11 is 1.64. The van der Waals surface area contributed by atoms with Crippen molar-refractivity contribution in [2.75, 3.05) is 20.6 Å². The number of likely N-dealkylation sites (N-methyl/N-ethyl adjacent to an activating group) is 1. The van der Waals surface area contributed by atoms with E-state index in [1.54, 1.807) is 23.5 Å². The van der Waals surface area contributed by atoms with Gasteiger partial charge in [0.15, 0.2) is 0 Å². The van der Waals surface area contributed by atoms with Gasteiger partial charge in [-0.2, -0.15) is 0 Å². The maximum Gasteiger partial charge on any atom is 0.240 e. The highest BCUT2D eigenvalue weighted by atomic mass is 32.2. The van der Waals surface area contributed by atoms with Crippen LogP contribution in [0.5, 0.6) is 0 Å². The lowest BCUT2D eigenvalue weighted by atomic mass is 9.99. The van der Waals surface area contributed by atoms with Crippen molar-refractivity contribution in [3.63, 3.8) is 0 Å². The summed E-state index contributed by atoms with van der Waals surface area (Å²) in [6, 6.07) is 11.2. The van der Waals surface area contributed by atoms with Crippen LogP contribution >= 0.6 is 11.3 Å². The second-order valence-electron chi connectivity index (χ2n) is 6.23. The van der Waals surface area contributed by atoms with Crippen LogP contribution in [0, 0.1) is 0 Å². The molecule has 0 radical (unpaired) electrons. The molecule has 0 amide bonds. The molecule has 2 rings (SSSR count). The summed E-state index contributed by atoms with van der Waals surface area (Å²) in [5.41, 5.74) is 1.17. The zero-order valence-corrected chi connectivity index (χ0v) is 16.3. The van der Waals surface area contributed by atoms with Crippen molar-refractivity contribution in [3.05, 3.63) is 52.2 Å². The number of benzene rings is 1. The second kappa shape index (κ2) is 8.25. The van der Waals surface area contributed by atoms with Crippen molar-refractivity contribution in [1.82, 2.24) is 9.62 Å². The third-order valence-corrected chi connectivity index (χ3v) is 6.75. The molecule has 1 aromatic carbocycles. The number of hydrogen-bond donors (Lipinski definition) is 1. The second-order valence-corrected chi connectivity index (χ2v) is 8.97. The van der Waals surface area contributed by atoms with Crippen molar-refractivity contribution in [2.45, 2.75) is 37.1 Å². The summed E-state index contributed by atoms with van der Waals surface area (Å²) in [5.74, 6) is 0.437. The van der Waals surface area contributed by atoms with E-state index >= 15 is 0 Å². The molecule has 0 aliphatic heterocycles. The Balaban J connectivity index is 2.10. The number of thiophene rings is 1. The molecule has 0 bridgehead atoms. The lowest BCUT2D eigenvalue weighted by molar-refractivity contribution is 0.303. The molecular formula is C18H26N2O2S2. The third-order valence-electron chi connectivity index (χ3n) is 4.33. The fraction of sp³-hybridized carbons (Fsp3) is 0.444. The van der Waals surface area contributed by atoms with Crippen LogP contribution in [0.3, 0.4) is 0 Å². The number of nitrogens with one attached hydrogen (secondary N) is 1. The minimum atomic E-state index is -3.50. The number of hydrogen-bond acceptors (Lipinski definition) is 4. The average molecular weight is 367 g/mol. The first-order valence-electron chi connectivity index (χ1n) is 8.14. The predicted octanol–water partition coefficient (Wildman–Crippen LogP) is 3.84. The Labute approximate surface area is 149 Å². The van der Waals surface area contributed by atoms with Gasteiger partial charge in [0.25, 0.3) is 0 Å². The topological polar surface area (TPSA) is 49.4 Å². The van der Waals surface area contributed by atoms with E-state index in [9.17, 15) is 8.42 Å². The summed E-state index contributed by atoms with van der Waals surface area (Å²) in [5, 5.41) is 2.01. The smallest absolute Gasteiger partial charge is 0.240 e. The van der Waals surface area contributed by atoms with E-state index in [2.05, 4.69) is 18.6 Å². The first kappa shape index (κ1) is 19.1.